The predicted molar refractivity (Wildman–Crippen MR) is 99.2 cm³/mol. The predicted octanol–water partition coefficient (Wildman–Crippen LogP) is 2.15. The second-order valence-corrected chi connectivity index (χ2v) is 6.55. The second-order valence-electron chi connectivity index (χ2n) is 6.55. The smallest absolute Gasteiger partial charge is 0.251 e. The van der Waals surface area contributed by atoms with E-state index in [1.807, 2.05) is 31.1 Å². The van der Waals surface area contributed by atoms with Crippen LogP contribution in [0.2, 0.25) is 0 Å². The van der Waals surface area contributed by atoms with Crippen LogP contribution in [0.3, 0.4) is 0 Å². The number of nitrogens with zero attached hydrogens (tertiary/aromatic N) is 1. The summed E-state index contributed by atoms with van der Waals surface area (Å²) in [5.74, 6) is -0.323. The van der Waals surface area contributed by atoms with Gasteiger partial charge in [-0.1, -0.05) is 0 Å². The molecular weight excluding hydrogens is 333 g/mol. The largest absolute Gasteiger partial charge is 0.378 e. The maximum atomic E-state index is 12.7. The molecule has 0 unspecified atom stereocenters. The number of halogens is 1. The highest BCUT2D eigenvalue weighted by Gasteiger charge is 2.17. The molecule has 0 saturated carbocycles. The maximum absolute atomic E-state index is 12.7. The zero-order valence-electron chi connectivity index (χ0n) is 14.9. The number of anilines is 1. The molecular formula is C20H22FN3O2. The van der Waals surface area contributed by atoms with Gasteiger partial charge in [0, 0.05) is 44.0 Å². The summed E-state index contributed by atoms with van der Waals surface area (Å²) in [5.41, 5.74) is 4.53. The molecule has 2 aliphatic rings. The Bertz CT molecular complexity index is 849. The third-order valence-electron chi connectivity index (χ3n) is 4.52. The SMILES string of the molecule is CN(C)c1ccc2c(c1)CCNC2=O.O=C1NCCc2cc(F)ccc21. The zero-order chi connectivity index (χ0) is 18.7. The molecule has 0 aliphatic carbocycles. The average molecular weight is 355 g/mol. The molecule has 2 amide bonds. The topological polar surface area (TPSA) is 61.4 Å². The van der Waals surface area contributed by atoms with Crippen LogP contribution in [0.5, 0.6) is 0 Å². The van der Waals surface area contributed by atoms with Gasteiger partial charge in [0.2, 0.25) is 0 Å². The quantitative estimate of drug-likeness (QED) is 0.824. The fraction of sp³-hybridized carbons (Fsp3) is 0.300. The fourth-order valence-corrected chi connectivity index (χ4v) is 3.09. The molecule has 4 rings (SSSR count). The molecule has 0 saturated heterocycles. The summed E-state index contributed by atoms with van der Waals surface area (Å²) >= 11 is 0. The first kappa shape index (κ1) is 17.9. The molecule has 26 heavy (non-hydrogen) atoms. The Balaban J connectivity index is 0.000000152. The van der Waals surface area contributed by atoms with Crippen molar-refractivity contribution in [3.63, 3.8) is 0 Å². The molecule has 2 aromatic rings. The molecule has 0 aromatic heterocycles. The van der Waals surface area contributed by atoms with E-state index in [4.69, 9.17) is 0 Å². The van der Waals surface area contributed by atoms with Crippen molar-refractivity contribution in [3.05, 3.63) is 64.5 Å². The number of rotatable bonds is 1. The van der Waals surface area contributed by atoms with Gasteiger partial charge >= 0.3 is 0 Å². The van der Waals surface area contributed by atoms with Crippen LogP contribution in [0.25, 0.3) is 0 Å². The normalized spacial score (nSPS) is 14.9. The Hall–Kier alpha value is -2.89. The van der Waals surface area contributed by atoms with Crippen LogP contribution in [0.4, 0.5) is 10.1 Å². The Morgan fingerprint density at radius 2 is 1.38 bits per heavy atom. The van der Waals surface area contributed by atoms with Gasteiger partial charge < -0.3 is 15.5 Å². The third kappa shape index (κ3) is 3.85. The number of hydrogen-bond acceptors (Lipinski definition) is 3. The standard InChI is InChI=1S/C11H14N2O.C9H8FNO/c1-13(2)9-3-4-10-8(7-9)5-6-12-11(10)14;10-7-1-2-8-6(5-7)3-4-11-9(8)12/h3-4,7H,5-6H2,1-2H3,(H,12,14);1-2,5H,3-4H2,(H,11,12). The Morgan fingerprint density at radius 3 is 1.96 bits per heavy atom. The summed E-state index contributed by atoms with van der Waals surface area (Å²) in [6.45, 7) is 1.36. The monoisotopic (exact) mass is 355 g/mol. The zero-order valence-corrected chi connectivity index (χ0v) is 14.9. The minimum Gasteiger partial charge on any atom is -0.378 e. The molecule has 2 N–H and O–H groups in total. The number of carbonyl (C=O) groups excluding carboxylic acids is 2. The first-order valence-electron chi connectivity index (χ1n) is 8.61. The van der Waals surface area contributed by atoms with Gasteiger partial charge in [0.1, 0.15) is 5.82 Å². The molecule has 0 atom stereocenters. The van der Waals surface area contributed by atoms with Crippen molar-refractivity contribution >= 4 is 17.5 Å². The maximum Gasteiger partial charge on any atom is 0.251 e. The van der Waals surface area contributed by atoms with E-state index < -0.39 is 0 Å². The molecule has 0 spiro atoms. The second kappa shape index (κ2) is 7.56. The molecule has 0 fully saturated rings. The van der Waals surface area contributed by atoms with Crippen molar-refractivity contribution in [3.8, 4) is 0 Å². The summed E-state index contributed by atoms with van der Waals surface area (Å²) in [6.07, 6.45) is 1.65. The number of benzene rings is 2. The third-order valence-corrected chi connectivity index (χ3v) is 4.52. The van der Waals surface area contributed by atoms with Gasteiger partial charge in [-0.2, -0.15) is 0 Å². The van der Waals surface area contributed by atoms with E-state index in [1.165, 1.54) is 18.2 Å². The highest BCUT2D eigenvalue weighted by Crippen LogP contribution is 2.20. The van der Waals surface area contributed by atoms with Gasteiger partial charge in [0.15, 0.2) is 0 Å². The molecule has 5 nitrogen and oxygen atoms in total. The lowest BCUT2D eigenvalue weighted by Gasteiger charge is -2.19. The first-order chi connectivity index (χ1) is 12.5. The van der Waals surface area contributed by atoms with Gasteiger partial charge in [-0.25, -0.2) is 4.39 Å². The van der Waals surface area contributed by atoms with Crippen LogP contribution in [0.1, 0.15) is 31.8 Å². The molecule has 0 bridgehead atoms. The molecule has 6 heteroatoms. The van der Waals surface area contributed by atoms with Crippen molar-refractivity contribution in [1.29, 1.82) is 0 Å². The van der Waals surface area contributed by atoms with Gasteiger partial charge in [0.05, 0.1) is 0 Å². The van der Waals surface area contributed by atoms with Crippen LogP contribution >= 0.6 is 0 Å². The minimum absolute atomic E-state index is 0.0524. The summed E-state index contributed by atoms with van der Waals surface area (Å²) in [6, 6.07) is 10.2. The number of nitrogens with one attached hydrogen (secondary N) is 2. The molecule has 2 heterocycles. The van der Waals surface area contributed by atoms with Crippen LogP contribution < -0.4 is 15.5 Å². The van der Waals surface area contributed by atoms with Crippen molar-refractivity contribution in [2.45, 2.75) is 12.8 Å². The molecule has 2 aromatic carbocycles. The number of hydrogen-bond donors (Lipinski definition) is 2. The lowest BCUT2D eigenvalue weighted by atomic mass is 9.99. The fourth-order valence-electron chi connectivity index (χ4n) is 3.09. The van der Waals surface area contributed by atoms with Crippen LogP contribution in [0.15, 0.2) is 36.4 Å². The molecule has 0 radical (unpaired) electrons. The van der Waals surface area contributed by atoms with Crippen molar-refractivity contribution in [1.82, 2.24) is 10.6 Å². The Kier molecular flexibility index (Phi) is 5.21. The lowest BCUT2D eigenvalue weighted by Crippen LogP contribution is -2.31. The van der Waals surface area contributed by atoms with E-state index in [2.05, 4.69) is 16.7 Å². The summed E-state index contributed by atoms with van der Waals surface area (Å²) in [5, 5.41) is 5.53. The molecule has 2 aliphatic heterocycles. The van der Waals surface area contributed by atoms with E-state index in [-0.39, 0.29) is 17.6 Å². The van der Waals surface area contributed by atoms with E-state index in [9.17, 15) is 14.0 Å². The number of amides is 2. The highest BCUT2D eigenvalue weighted by molar-refractivity contribution is 5.97. The highest BCUT2D eigenvalue weighted by atomic mass is 19.1. The van der Waals surface area contributed by atoms with Gasteiger partial charge in [0.25, 0.3) is 11.8 Å². The van der Waals surface area contributed by atoms with E-state index >= 15 is 0 Å². The minimum atomic E-state index is -0.275. The van der Waals surface area contributed by atoms with Crippen molar-refractivity contribution in [2.75, 3.05) is 32.1 Å². The van der Waals surface area contributed by atoms with Gasteiger partial charge in [-0.05, 0) is 60.4 Å². The number of fused-ring (bicyclic) bond motifs is 2. The van der Waals surface area contributed by atoms with Crippen LogP contribution in [-0.4, -0.2) is 39.0 Å². The van der Waals surface area contributed by atoms with Crippen molar-refractivity contribution in [2.24, 2.45) is 0 Å². The van der Waals surface area contributed by atoms with Crippen LogP contribution in [-0.2, 0) is 12.8 Å². The van der Waals surface area contributed by atoms with Crippen molar-refractivity contribution < 1.29 is 14.0 Å². The van der Waals surface area contributed by atoms with E-state index in [0.717, 1.165) is 41.8 Å². The Morgan fingerprint density at radius 1 is 0.846 bits per heavy atom. The average Bonchev–Trinajstić information content (AvgIpc) is 2.62. The van der Waals surface area contributed by atoms with E-state index in [1.54, 1.807) is 0 Å². The van der Waals surface area contributed by atoms with Gasteiger partial charge in [-0.3, -0.25) is 9.59 Å². The molecule has 136 valence electrons. The summed E-state index contributed by atoms with van der Waals surface area (Å²) < 4.78 is 12.7. The summed E-state index contributed by atoms with van der Waals surface area (Å²) in [7, 11) is 4.01. The van der Waals surface area contributed by atoms with E-state index in [0.29, 0.717) is 12.1 Å². The first-order valence-corrected chi connectivity index (χ1v) is 8.61. The summed E-state index contributed by atoms with van der Waals surface area (Å²) in [4.78, 5) is 24.7. The Labute approximate surface area is 152 Å². The van der Waals surface area contributed by atoms with Gasteiger partial charge in [-0.15, -0.1) is 0 Å². The van der Waals surface area contributed by atoms with Crippen LogP contribution in [0, 0.1) is 5.82 Å². The number of carbonyl (C=O) groups is 2. The lowest BCUT2D eigenvalue weighted by molar-refractivity contribution is 0.0937.